The molecular weight excluding hydrogens is 490 g/mol. The first-order valence-corrected chi connectivity index (χ1v) is 12.9. The minimum absolute atomic E-state index is 0.00588. The number of hydrogen-bond donors (Lipinski definition) is 1. The van der Waals surface area contributed by atoms with Gasteiger partial charge in [0.25, 0.3) is 0 Å². The molecule has 9 heteroatoms. The molecule has 2 heterocycles. The van der Waals surface area contributed by atoms with Crippen LogP contribution in [0.3, 0.4) is 0 Å². The first-order chi connectivity index (χ1) is 16.9. The minimum Gasteiger partial charge on any atom is -0.479 e. The van der Waals surface area contributed by atoms with E-state index in [2.05, 4.69) is 4.98 Å². The standard InChI is InChI=1S/C26H30ClNO6S/c1-16-5-3-6-18(11-16)25-28-22(17(2)34-25)14-31-19-7-4-8-20(12-19)32-15-23(26(29)30)33-13-21-9-10-24(27)35-21/h3,5-6,9-11,19-20,23H,4,7-8,12-15H2,1-2H3,(H,29,30)/t19-,20+,23?/m0/s1. The molecule has 1 aromatic carbocycles. The van der Waals surface area contributed by atoms with Gasteiger partial charge in [-0.2, -0.15) is 0 Å². The van der Waals surface area contributed by atoms with E-state index in [-0.39, 0.29) is 25.4 Å². The number of rotatable bonds is 11. The summed E-state index contributed by atoms with van der Waals surface area (Å²) in [5.41, 5.74) is 2.89. The molecule has 35 heavy (non-hydrogen) atoms. The Morgan fingerprint density at radius 2 is 2.00 bits per heavy atom. The van der Waals surface area contributed by atoms with Crippen molar-refractivity contribution in [1.29, 1.82) is 0 Å². The van der Waals surface area contributed by atoms with E-state index in [1.54, 1.807) is 6.07 Å². The van der Waals surface area contributed by atoms with Gasteiger partial charge in [0.1, 0.15) is 11.5 Å². The van der Waals surface area contributed by atoms with Gasteiger partial charge in [0.05, 0.1) is 36.4 Å². The molecular formula is C26H30ClNO6S. The van der Waals surface area contributed by atoms with Crippen LogP contribution in [0.4, 0.5) is 0 Å². The van der Waals surface area contributed by atoms with Crippen molar-refractivity contribution in [2.45, 2.75) is 71.1 Å². The number of hydrogen-bond acceptors (Lipinski definition) is 7. The molecule has 0 spiro atoms. The second kappa shape index (κ2) is 12.1. The Morgan fingerprint density at radius 3 is 2.71 bits per heavy atom. The van der Waals surface area contributed by atoms with Gasteiger partial charge in [0.2, 0.25) is 5.89 Å². The van der Waals surface area contributed by atoms with Gasteiger partial charge in [-0.1, -0.05) is 29.3 Å². The Morgan fingerprint density at radius 1 is 1.20 bits per heavy atom. The first-order valence-electron chi connectivity index (χ1n) is 11.7. The molecule has 1 saturated carbocycles. The van der Waals surface area contributed by atoms with Crippen LogP contribution in [0, 0.1) is 13.8 Å². The second-order valence-corrected chi connectivity index (χ2v) is 10.6. The molecule has 0 aliphatic heterocycles. The van der Waals surface area contributed by atoms with Crippen LogP contribution in [0.5, 0.6) is 0 Å². The number of aryl methyl sites for hydroxylation is 2. The molecule has 0 radical (unpaired) electrons. The highest BCUT2D eigenvalue weighted by Crippen LogP contribution is 2.27. The zero-order valence-electron chi connectivity index (χ0n) is 19.9. The number of carboxylic acid groups (broad SMARTS) is 1. The van der Waals surface area contributed by atoms with Crippen molar-refractivity contribution in [3.05, 3.63) is 62.6 Å². The van der Waals surface area contributed by atoms with Crippen molar-refractivity contribution in [3.8, 4) is 11.5 Å². The Bertz CT molecular complexity index is 1130. The number of aliphatic carboxylic acids is 1. The highest BCUT2D eigenvalue weighted by molar-refractivity contribution is 7.16. The normalized spacial score (nSPS) is 19.1. The van der Waals surface area contributed by atoms with Crippen LogP contribution in [-0.4, -0.2) is 41.0 Å². The number of carboxylic acids is 1. The van der Waals surface area contributed by atoms with Crippen LogP contribution >= 0.6 is 22.9 Å². The van der Waals surface area contributed by atoms with Gasteiger partial charge < -0.3 is 23.7 Å². The summed E-state index contributed by atoms with van der Waals surface area (Å²) in [6, 6.07) is 11.6. The van der Waals surface area contributed by atoms with Crippen molar-refractivity contribution in [2.75, 3.05) is 6.61 Å². The molecule has 4 rings (SSSR count). The molecule has 0 bridgehead atoms. The van der Waals surface area contributed by atoms with E-state index in [0.29, 0.717) is 23.3 Å². The lowest BCUT2D eigenvalue weighted by Gasteiger charge is -2.29. The van der Waals surface area contributed by atoms with Crippen LogP contribution < -0.4 is 0 Å². The quantitative estimate of drug-likeness (QED) is 0.323. The highest BCUT2D eigenvalue weighted by Gasteiger charge is 2.27. The van der Waals surface area contributed by atoms with Crippen molar-refractivity contribution < 1.29 is 28.5 Å². The molecule has 1 aliphatic rings. The zero-order chi connectivity index (χ0) is 24.8. The fraction of sp³-hybridized carbons (Fsp3) is 0.462. The Balaban J connectivity index is 1.25. The highest BCUT2D eigenvalue weighted by atomic mass is 35.5. The van der Waals surface area contributed by atoms with E-state index >= 15 is 0 Å². The fourth-order valence-corrected chi connectivity index (χ4v) is 5.10. The molecule has 3 aromatic rings. The van der Waals surface area contributed by atoms with Gasteiger partial charge in [-0.05, 0) is 63.8 Å². The van der Waals surface area contributed by atoms with Crippen molar-refractivity contribution in [3.63, 3.8) is 0 Å². The van der Waals surface area contributed by atoms with Gasteiger partial charge in [-0.15, -0.1) is 11.3 Å². The number of thiophene rings is 1. The topological polar surface area (TPSA) is 91.0 Å². The van der Waals surface area contributed by atoms with Gasteiger partial charge in [-0.25, -0.2) is 9.78 Å². The number of ether oxygens (including phenoxy) is 3. The number of carbonyl (C=O) groups is 1. The molecule has 188 valence electrons. The monoisotopic (exact) mass is 519 g/mol. The average molecular weight is 520 g/mol. The molecule has 1 fully saturated rings. The molecule has 0 saturated heterocycles. The third-order valence-corrected chi connectivity index (χ3v) is 7.21. The summed E-state index contributed by atoms with van der Waals surface area (Å²) in [4.78, 5) is 17.1. The second-order valence-electron chi connectivity index (χ2n) is 8.79. The lowest BCUT2D eigenvalue weighted by Crippen LogP contribution is -2.34. The largest absolute Gasteiger partial charge is 0.479 e. The maximum Gasteiger partial charge on any atom is 0.335 e. The summed E-state index contributed by atoms with van der Waals surface area (Å²) in [5, 5.41) is 9.51. The zero-order valence-corrected chi connectivity index (χ0v) is 21.4. The molecule has 1 unspecified atom stereocenters. The van der Waals surface area contributed by atoms with Crippen LogP contribution in [0.1, 0.15) is 47.6 Å². The van der Waals surface area contributed by atoms with Crippen LogP contribution in [0.2, 0.25) is 4.34 Å². The number of oxazole rings is 1. The Labute approximate surface area is 214 Å². The summed E-state index contributed by atoms with van der Waals surface area (Å²) in [6.07, 6.45) is 2.37. The van der Waals surface area contributed by atoms with E-state index in [1.807, 2.05) is 44.2 Å². The first kappa shape index (κ1) is 25.9. The number of benzene rings is 1. The van der Waals surface area contributed by atoms with Crippen molar-refractivity contribution in [1.82, 2.24) is 4.98 Å². The van der Waals surface area contributed by atoms with Gasteiger partial charge in [0, 0.05) is 10.4 Å². The molecule has 1 aliphatic carbocycles. The molecule has 7 nitrogen and oxygen atoms in total. The lowest BCUT2D eigenvalue weighted by molar-refractivity contribution is -0.159. The van der Waals surface area contributed by atoms with E-state index in [9.17, 15) is 9.90 Å². The minimum atomic E-state index is -1.04. The smallest absolute Gasteiger partial charge is 0.335 e. The predicted molar refractivity (Wildman–Crippen MR) is 134 cm³/mol. The molecule has 3 atom stereocenters. The van der Waals surface area contributed by atoms with Gasteiger partial charge in [-0.3, -0.25) is 0 Å². The lowest BCUT2D eigenvalue weighted by atomic mass is 9.95. The fourth-order valence-electron chi connectivity index (χ4n) is 4.09. The SMILES string of the molecule is Cc1cccc(-c2nc(CO[C@H]3CCC[C@@H](OCC(OCc4ccc(Cl)s4)C(=O)O)C3)c(C)o2)c1. The third-order valence-electron chi connectivity index (χ3n) is 6.01. The maximum atomic E-state index is 11.6. The number of aromatic nitrogens is 1. The van der Waals surface area contributed by atoms with E-state index in [0.717, 1.165) is 46.7 Å². The Hall–Kier alpha value is -2.23. The van der Waals surface area contributed by atoms with Crippen LogP contribution in [0.25, 0.3) is 11.5 Å². The average Bonchev–Trinajstić information content (AvgIpc) is 3.42. The number of nitrogens with zero attached hydrogens (tertiary/aromatic N) is 1. The Kier molecular flexibility index (Phi) is 8.97. The van der Waals surface area contributed by atoms with E-state index in [4.69, 9.17) is 30.2 Å². The summed E-state index contributed by atoms with van der Waals surface area (Å²) in [6.45, 7) is 4.48. The van der Waals surface area contributed by atoms with Crippen LogP contribution in [-0.2, 0) is 32.2 Å². The molecule has 0 amide bonds. The summed E-state index contributed by atoms with van der Waals surface area (Å²) in [7, 11) is 0. The third kappa shape index (κ3) is 7.38. The summed E-state index contributed by atoms with van der Waals surface area (Å²) < 4.78 is 24.2. The van der Waals surface area contributed by atoms with Gasteiger partial charge in [0.15, 0.2) is 6.10 Å². The van der Waals surface area contributed by atoms with E-state index in [1.165, 1.54) is 11.3 Å². The summed E-state index contributed by atoms with van der Waals surface area (Å²) in [5.74, 6) is 0.306. The predicted octanol–water partition coefficient (Wildman–Crippen LogP) is 6.19. The van der Waals surface area contributed by atoms with Crippen LogP contribution in [0.15, 0.2) is 40.8 Å². The van der Waals surface area contributed by atoms with Crippen molar-refractivity contribution >= 4 is 28.9 Å². The van der Waals surface area contributed by atoms with Crippen molar-refractivity contribution in [2.24, 2.45) is 0 Å². The van der Waals surface area contributed by atoms with E-state index < -0.39 is 12.1 Å². The molecule has 2 aromatic heterocycles. The molecule has 1 N–H and O–H groups in total. The summed E-state index contributed by atoms with van der Waals surface area (Å²) >= 11 is 7.30. The number of halogens is 1. The maximum absolute atomic E-state index is 11.6. The van der Waals surface area contributed by atoms with Gasteiger partial charge >= 0.3 is 5.97 Å².